The summed E-state index contributed by atoms with van der Waals surface area (Å²) in [5.74, 6) is -1.05. The molecule has 2 heterocycles. The van der Waals surface area contributed by atoms with Crippen LogP contribution in [0.2, 0.25) is 0 Å². The molecular weight excluding hydrogens is 342 g/mol. The summed E-state index contributed by atoms with van der Waals surface area (Å²) in [6, 6.07) is -0.958. The van der Waals surface area contributed by atoms with Crippen molar-refractivity contribution in [1.82, 2.24) is 15.3 Å². The fourth-order valence-electron chi connectivity index (χ4n) is 2.41. The quantitative estimate of drug-likeness (QED) is 0.652. The van der Waals surface area contributed by atoms with E-state index in [-0.39, 0.29) is 24.8 Å². The van der Waals surface area contributed by atoms with Crippen molar-refractivity contribution in [3.05, 3.63) is 38.8 Å². The van der Waals surface area contributed by atoms with Crippen molar-refractivity contribution >= 4 is 33.4 Å². The molecule has 134 valence electrons. The molecule has 2 aromatic rings. The van der Waals surface area contributed by atoms with E-state index in [1.54, 1.807) is 19.1 Å². The first kappa shape index (κ1) is 18.9. The number of rotatable bonds is 7. The van der Waals surface area contributed by atoms with Crippen molar-refractivity contribution in [3.63, 3.8) is 0 Å². The van der Waals surface area contributed by atoms with E-state index in [0.717, 1.165) is 10.4 Å². The number of carboxylic acid groups (broad SMARTS) is 1. The number of aromatic amines is 1. The molecule has 2 rings (SSSR count). The summed E-state index contributed by atoms with van der Waals surface area (Å²) in [7, 11) is 0. The number of amides is 1. The van der Waals surface area contributed by atoms with Gasteiger partial charge in [0.05, 0.1) is 5.39 Å². The lowest BCUT2D eigenvalue weighted by Gasteiger charge is -2.12. The average Bonchev–Trinajstić information content (AvgIpc) is 2.84. The van der Waals surface area contributed by atoms with Crippen molar-refractivity contribution in [1.29, 1.82) is 0 Å². The molecule has 0 aliphatic heterocycles. The van der Waals surface area contributed by atoms with Gasteiger partial charge in [0.15, 0.2) is 0 Å². The first-order chi connectivity index (χ1) is 11.8. The minimum atomic E-state index is -1.08. The molecule has 3 N–H and O–H groups in total. The maximum absolute atomic E-state index is 12.2. The van der Waals surface area contributed by atoms with Gasteiger partial charge in [-0.15, -0.1) is 11.3 Å². The van der Waals surface area contributed by atoms with Crippen LogP contribution < -0.4 is 10.9 Å². The molecule has 1 atom stereocenters. The number of H-pyrrole nitrogens is 1. The van der Waals surface area contributed by atoms with Gasteiger partial charge in [0.1, 0.15) is 16.7 Å². The first-order valence-electron chi connectivity index (χ1n) is 7.95. The van der Waals surface area contributed by atoms with Gasteiger partial charge in [-0.25, -0.2) is 9.78 Å². The van der Waals surface area contributed by atoms with Gasteiger partial charge < -0.3 is 15.4 Å². The van der Waals surface area contributed by atoms with Crippen molar-refractivity contribution in [2.24, 2.45) is 0 Å². The lowest BCUT2D eigenvalue weighted by Crippen LogP contribution is -2.40. The third kappa shape index (κ3) is 4.54. The molecule has 0 spiro atoms. The molecule has 0 saturated carbocycles. The van der Waals surface area contributed by atoms with Crippen LogP contribution >= 0.6 is 11.3 Å². The van der Waals surface area contributed by atoms with E-state index in [1.807, 2.05) is 13.8 Å². The van der Waals surface area contributed by atoms with E-state index in [2.05, 4.69) is 15.3 Å². The zero-order valence-corrected chi connectivity index (χ0v) is 15.2. The highest BCUT2D eigenvalue weighted by Gasteiger charge is 2.18. The van der Waals surface area contributed by atoms with Crippen LogP contribution in [0.25, 0.3) is 10.2 Å². The SMILES string of the molecule is C/C=C/CC(NC(=O)CCc1nc2sc(C)c(C)c2c(=O)[nH]1)C(=O)O. The predicted molar refractivity (Wildman–Crippen MR) is 97.0 cm³/mol. The van der Waals surface area contributed by atoms with Gasteiger partial charge in [0.2, 0.25) is 5.91 Å². The molecule has 7 nitrogen and oxygen atoms in total. The zero-order valence-electron chi connectivity index (χ0n) is 14.4. The second-order valence-electron chi connectivity index (χ2n) is 5.74. The molecule has 0 saturated heterocycles. The Bertz CT molecular complexity index is 882. The minimum Gasteiger partial charge on any atom is -0.480 e. The number of aromatic nitrogens is 2. The number of fused-ring (bicyclic) bond motifs is 1. The summed E-state index contributed by atoms with van der Waals surface area (Å²) in [6.07, 6.45) is 3.94. The normalized spacial score (nSPS) is 12.6. The van der Waals surface area contributed by atoms with E-state index < -0.39 is 17.9 Å². The van der Waals surface area contributed by atoms with Gasteiger partial charge in [0, 0.05) is 17.7 Å². The lowest BCUT2D eigenvalue weighted by atomic mass is 10.2. The van der Waals surface area contributed by atoms with Crippen LogP contribution in [-0.4, -0.2) is 33.0 Å². The lowest BCUT2D eigenvalue weighted by molar-refractivity contribution is -0.141. The summed E-state index contributed by atoms with van der Waals surface area (Å²) in [4.78, 5) is 44.1. The third-order valence-corrected chi connectivity index (χ3v) is 5.02. The van der Waals surface area contributed by atoms with Crippen LogP contribution in [0, 0.1) is 13.8 Å². The first-order valence-corrected chi connectivity index (χ1v) is 8.77. The summed E-state index contributed by atoms with van der Waals surface area (Å²) in [5, 5.41) is 12.2. The molecule has 2 aromatic heterocycles. The standard InChI is InChI=1S/C17H21N3O4S/c1-4-5-6-11(17(23)24)18-13(21)8-7-12-19-15(22)14-9(2)10(3)25-16(14)20-12/h4-5,11H,6-8H2,1-3H3,(H,18,21)(H,23,24)(H,19,20,22)/b5-4+. The number of thiophene rings is 1. The van der Waals surface area contributed by atoms with Gasteiger partial charge in [-0.2, -0.15) is 0 Å². The minimum absolute atomic E-state index is 0.0530. The fourth-order valence-corrected chi connectivity index (χ4v) is 3.46. The van der Waals surface area contributed by atoms with Crippen LogP contribution in [0.4, 0.5) is 0 Å². The van der Waals surface area contributed by atoms with Crippen LogP contribution in [0.15, 0.2) is 16.9 Å². The number of allylic oxidation sites excluding steroid dienone is 1. The molecule has 0 radical (unpaired) electrons. The Morgan fingerprint density at radius 2 is 2.12 bits per heavy atom. The summed E-state index contributed by atoms with van der Waals surface area (Å²) >= 11 is 1.45. The highest BCUT2D eigenvalue weighted by atomic mass is 32.1. The highest BCUT2D eigenvalue weighted by Crippen LogP contribution is 2.25. The monoisotopic (exact) mass is 363 g/mol. The van der Waals surface area contributed by atoms with Gasteiger partial charge in [-0.05, 0) is 32.8 Å². The number of nitrogens with zero attached hydrogens (tertiary/aromatic N) is 1. The van der Waals surface area contributed by atoms with E-state index >= 15 is 0 Å². The smallest absolute Gasteiger partial charge is 0.326 e. The van der Waals surface area contributed by atoms with Gasteiger partial charge in [-0.3, -0.25) is 9.59 Å². The van der Waals surface area contributed by atoms with Crippen molar-refractivity contribution < 1.29 is 14.7 Å². The number of aliphatic carboxylic acids is 1. The third-order valence-electron chi connectivity index (χ3n) is 3.92. The fraction of sp³-hybridized carbons (Fsp3) is 0.412. The summed E-state index contributed by atoms with van der Waals surface area (Å²) in [6.45, 7) is 5.60. The molecular formula is C17H21N3O4S. The molecule has 1 unspecified atom stereocenters. The van der Waals surface area contributed by atoms with Gasteiger partial charge >= 0.3 is 5.97 Å². The second-order valence-corrected chi connectivity index (χ2v) is 6.94. The van der Waals surface area contributed by atoms with Crippen molar-refractivity contribution in [3.8, 4) is 0 Å². The average molecular weight is 363 g/mol. The van der Waals surface area contributed by atoms with E-state index in [4.69, 9.17) is 5.11 Å². The van der Waals surface area contributed by atoms with E-state index in [1.165, 1.54) is 11.3 Å². The maximum Gasteiger partial charge on any atom is 0.326 e. The second kappa shape index (κ2) is 8.06. The van der Waals surface area contributed by atoms with Crippen LogP contribution in [0.1, 0.15) is 36.0 Å². The Morgan fingerprint density at radius 1 is 1.40 bits per heavy atom. The molecule has 0 aliphatic carbocycles. The Kier molecular flexibility index (Phi) is 6.08. The van der Waals surface area contributed by atoms with Gasteiger partial charge in [0.25, 0.3) is 5.56 Å². The molecule has 25 heavy (non-hydrogen) atoms. The summed E-state index contributed by atoms with van der Waals surface area (Å²) < 4.78 is 0. The Labute approximate surface area is 148 Å². The number of hydrogen-bond donors (Lipinski definition) is 3. The predicted octanol–water partition coefficient (Wildman–Crippen LogP) is 2.07. The molecule has 1 amide bonds. The zero-order chi connectivity index (χ0) is 18.6. The largest absolute Gasteiger partial charge is 0.480 e. The number of carbonyl (C=O) groups is 2. The molecule has 0 fully saturated rings. The topological polar surface area (TPSA) is 112 Å². The van der Waals surface area contributed by atoms with Crippen LogP contribution in [-0.2, 0) is 16.0 Å². The number of carbonyl (C=O) groups excluding carboxylic acids is 1. The number of carboxylic acids is 1. The maximum atomic E-state index is 12.2. The number of aryl methyl sites for hydroxylation is 3. The van der Waals surface area contributed by atoms with E-state index in [9.17, 15) is 14.4 Å². The Balaban J connectivity index is 2.05. The molecule has 8 heteroatoms. The van der Waals surface area contributed by atoms with Crippen molar-refractivity contribution in [2.75, 3.05) is 0 Å². The van der Waals surface area contributed by atoms with Crippen LogP contribution in [0.3, 0.4) is 0 Å². The van der Waals surface area contributed by atoms with E-state index in [0.29, 0.717) is 16.0 Å². The molecule has 0 aromatic carbocycles. The van der Waals surface area contributed by atoms with Crippen molar-refractivity contribution in [2.45, 2.75) is 46.1 Å². The number of nitrogens with one attached hydrogen (secondary N) is 2. The highest BCUT2D eigenvalue weighted by molar-refractivity contribution is 7.18. The number of hydrogen-bond acceptors (Lipinski definition) is 5. The van der Waals surface area contributed by atoms with Gasteiger partial charge in [-0.1, -0.05) is 12.2 Å². The molecule has 0 bridgehead atoms. The summed E-state index contributed by atoms with van der Waals surface area (Å²) in [5.41, 5.74) is 0.713. The Hall–Kier alpha value is -2.48. The molecule has 0 aliphatic rings. The van der Waals surface area contributed by atoms with Crippen LogP contribution in [0.5, 0.6) is 0 Å². The Morgan fingerprint density at radius 3 is 2.76 bits per heavy atom.